The molecule has 1 aliphatic rings. The van der Waals surface area contributed by atoms with Gasteiger partial charge in [0.2, 0.25) is 0 Å². The predicted octanol–water partition coefficient (Wildman–Crippen LogP) is 2.13. The summed E-state index contributed by atoms with van der Waals surface area (Å²) in [5, 5.41) is 7.89. The van der Waals surface area contributed by atoms with E-state index in [9.17, 15) is 0 Å². The maximum atomic E-state index is 4.19. The summed E-state index contributed by atoms with van der Waals surface area (Å²) in [6.07, 6.45) is 8.47. The molecule has 0 aliphatic heterocycles. The number of hydrogen-bond acceptors (Lipinski definition) is 2. The van der Waals surface area contributed by atoms with Gasteiger partial charge in [-0.3, -0.25) is 4.68 Å². The van der Waals surface area contributed by atoms with Gasteiger partial charge in [0.15, 0.2) is 0 Å². The average Bonchev–Trinajstić information content (AvgIpc) is 2.88. The molecule has 2 unspecified atom stereocenters. The smallest absolute Gasteiger partial charge is 0.0492 e. The van der Waals surface area contributed by atoms with E-state index in [1.807, 2.05) is 17.9 Å². The minimum absolute atomic E-state index is 0.762. The Morgan fingerprint density at radius 3 is 3.06 bits per heavy atom. The standard InChI is InChI=1S/C13H23N3/c1-3-11-5-4-6-13(11)14-9-7-12-8-10-15-16(12)2/h8,10-11,13-14H,3-7,9H2,1-2H3. The van der Waals surface area contributed by atoms with Crippen molar-refractivity contribution in [2.24, 2.45) is 13.0 Å². The van der Waals surface area contributed by atoms with Crippen molar-refractivity contribution >= 4 is 0 Å². The fourth-order valence-corrected chi connectivity index (χ4v) is 2.83. The molecule has 0 saturated heterocycles. The van der Waals surface area contributed by atoms with Crippen LogP contribution in [0.1, 0.15) is 38.3 Å². The molecule has 1 saturated carbocycles. The summed E-state index contributed by atoms with van der Waals surface area (Å²) in [6.45, 7) is 3.40. The van der Waals surface area contributed by atoms with Crippen LogP contribution < -0.4 is 5.32 Å². The van der Waals surface area contributed by atoms with Gasteiger partial charge < -0.3 is 5.32 Å². The van der Waals surface area contributed by atoms with Crippen LogP contribution >= 0.6 is 0 Å². The van der Waals surface area contributed by atoms with Gasteiger partial charge in [0.1, 0.15) is 0 Å². The van der Waals surface area contributed by atoms with Gasteiger partial charge in [0, 0.05) is 37.9 Å². The minimum atomic E-state index is 0.762. The molecule has 3 nitrogen and oxygen atoms in total. The lowest BCUT2D eigenvalue weighted by Crippen LogP contribution is -2.33. The number of aryl methyl sites for hydroxylation is 1. The van der Waals surface area contributed by atoms with Crippen LogP contribution in [-0.4, -0.2) is 22.4 Å². The normalized spacial score (nSPS) is 25.1. The number of rotatable bonds is 5. The molecule has 2 rings (SSSR count). The molecule has 1 fully saturated rings. The van der Waals surface area contributed by atoms with Crippen molar-refractivity contribution in [3.63, 3.8) is 0 Å². The molecular formula is C13H23N3. The van der Waals surface area contributed by atoms with Gasteiger partial charge >= 0.3 is 0 Å². The first-order chi connectivity index (χ1) is 7.81. The molecule has 2 atom stereocenters. The molecule has 3 heteroatoms. The number of hydrogen-bond donors (Lipinski definition) is 1. The predicted molar refractivity (Wildman–Crippen MR) is 66.3 cm³/mol. The SMILES string of the molecule is CCC1CCCC1NCCc1ccnn1C. The minimum Gasteiger partial charge on any atom is -0.313 e. The zero-order valence-corrected chi connectivity index (χ0v) is 10.4. The lowest BCUT2D eigenvalue weighted by molar-refractivity contribution is 0.391. The third-order valence-electron chi connectivity index (χ3n) is 3.89. The topological polar surface area (TPSA) is 29.9 Å². The molecule has 1 N–H and O–H groups in total. The van der Waals surface area contributed by atoms with Crippen LogP contribution in [0.5, 0.6) is 0 Å². The van der Waals surface area contributed by atoms with E-state index < -0.39 is 0 Å². The highest BCUT2D eigenvalue weighted by Gasteiger charge is 2.24. The van der Waals surface area contributed by atoms with E-state index in [0.29, 0.717) is 0 Å². The highest BCUT2D eigenvalue weighted by molar-refractivity contribution is 5.00. The van der Waals surface area contributed by atoms with Crippen molar-refractivity contribution < 1.29 is 0 Å². The van der Waals surface area contributed by atoms with Gasteiger partial charge in [-0.05, 0) is 24.8 Å². The molecular weight excluding hydrogens is 198 g/mol. The molecule has 1 aromatic heterocycles. The Balaban J connectivity index is 1.74. The van der Waals surface area contributed by atoms with Crippen LogP contribution in [0.3, 0.4) is 0 Å². The Kier molecular flexibility index (Phi) is 3.99. The van der Waals surface area contributed by atoms with Crippen LogP contribution in [-0.2, 0) is 13.5 Å². The molecule has 0 aromatic carbocycles. The maximum Gasteiger partial charge on any atom is 0.0492 e. The van der Waals surface area contributed by atoms with Crippen molar-refractivity contribution in [2.45, 2.75) is 45.1 Å². The molecule has 0 spiro atoms. The summed E-state index contributed by atoms with van der Waals surface area (Å²) in [7, 11) is 2.01. The summed E-state index contributed by atoms with van der Waals surface area (Å²) in [5.74, 6) is 0.909. The highest BCUT2D eigenvalue weighted by Crippen LogP contribution is 2.27. The second-order valence-corrected chi connectivity index (χ2v) is 4.86. The second kappa shape index (κ2) is 5.48. The lowest BCUT2D eigenvalue weighted by atomic mass is 10.0. The molecule has 90 valence electrons. The van der Waals surface area contributed by atoms with Gasteiger partial charge in [-0.25, -0.2) is 0 Å². The van der Waals surface area contributed by atoms with Crippen LogP contribution in [0, 0.1) is 5.92 Å². The molecule has 0 radical (unpaired) electrons. The summed E-state index contributed by atoms with van der Waals surface area (Å²) in [4.78, 5) is 0. The molecule has 16 heavy (non-hydrogen) atoms. The Labute approximate surface area is 98.2 Å². The maximum absolute atomic E-state index is 4.19. The van der Waals surface area contributed by atoms with E-state index >= 15 is 0 Å². The highest BCUT2D eigenvalue weighted by atomic mass is 15.3. The zero-order chi connectivity index (χ0) is 11.4. The van der Waals surface area contributed by atoms with Crippen molar-refractivity contribution in [3.8, 4) is 0 Å². The number of aromatic nitrogens is 2. The quantitative estimate of drug-likeness (QED) is 0.825. The van der Waals surface area contributed by atoms with E-state index in [2.05, 4.69) is 23.4 Å². The Morgan fingerprint density at radius 1 is 1.50 bits per heavy atom. The largest absolute Gasteiger partial charge is 0.313 e. The summed E-state index contributed by atoms with van der Waals surface area (Å²) >= 11 is 0. The van der Waals surface area contributed by atoms with Gasteiger partial charge in [-0.2, -0.15) is 5.10 Å². The van der Waals surface area contributed by atoms with Crippen LogP contribution in [0.4, 0.5) is 0 Å². The first kappa shape index (κ1) is 11.6. The Bertz CT molecular complexity index is 319. The van der Waals surface area contributed by atoms with Crippen molar-refractivity contribution in [3.05, 3.63) is 18.0 Å². The second-order valence-electron chi connectivity index (χ2n) is 4.86. The molecule has 0 bridgehead atoms. The van der Waals surface area contributed by atoms with E-state index in [0.717, 1.165) is 24.9 Å². The summed E-state index contributed by atoms with van der Waals surface area (Å²) in [6, 6.07) is 2.87. The van der Waals surface area contributed by atoms with Crippen LogP contribution in [0.25, 0.3) is 0 Å². The third kappa shape index (κ3) is 2.64. The van der Waals surface area contributed by atoms with Crippen LogP contribution in [0.2, 0.25) is 0 Å². The molecule has 1 aromatic rings. The summed E-state index contributed by atoms with van der Waals surface area (Å²) < 4.78 is 1.97. The third-order valence-corrected chi connectivity index (χ3v) is 3.89. The van der Waals surface area contributed by atoms with E-state index in [-0.39, 0.29) is 0 Å². The number of nitrogens with zero attached hydrogens (tertiary/aromatic N) is 2. The van der Waals surface area contributed by atoms with Gasteiger partial charge in [0.25, 0.3) is 0 Å². The van der Waals surface area contributed by atoms with Crippen molar-refractivity contribution in [1.29, 1.82) is 0 Å². The van der Waals surface area contributed by atoms with E-state index in [1.54, 1.807) is 0 Å². The molecule has 1 aliphatic carbocycles. The van der Waals surface area contributed by atoms with Crippen molar-refractivity contribution in [2.75, 3.05) is 6.54 Å². The van der Waals surface area contributed by atoms with Gasteiger partial charge in [-0.15, -0.1) is 0 Å². The van der Waals surface area contributed by atoms with E-state index in [4.69, 9.17) is 0 Å². The van der Waals surface area contributed by atoms with E-state index in [1.165, 1.54) is 31.4 Å². The average molecular weight is 221 g/mol. The molecule has 0 amide bonds. The Morgan fingerprint density at radius 2 is 2.38 bits per heavy atom. The lowest BCUT2D eigenvalue weighted by Gasteiger charge is -2.19. The summed E-state index contributed by atoms with van der Waals surface area (Å²) in [5.41, 5.74) is 1.32. The monoisotopic (exact) mass is 221 g/mol. The number of nitrogens with one attached hydrogen (secondary N) is 1. The van der Waals surface area contributed by atoms with Gasteiger partial charge in [-0.1, -0.05) is 19.8 Å². The van der Waals surface area contributed by atoms with Gasteiger partial charge in [0.05, 0.1) is 0 Å². The Hall–Kier alpha value is -0.830. The zero-order valence-electron chi connectivity index (χ0n) is 10.4. The van der Waals surface area contributed by atoms with Crippen LogP contribution in [0.15, 0.2) is 12.3 Å². The fourth-order valence-electron chi connectivity index (χ4n) is 2.83. The molecule has 1 heterocycles. The fraction of sp³-hybridized carbons (Fsp3) is 0.769. The van der Waals surface area contributed by atoms with Crippen molar-refractivity contribution in [1.82, 2.24) is 15.1 Å². The first-order valence-electron chi connectivity index (χ1n) is 6.51. The first-order valence-corrected chi connectivity index (χ1v) is 6.51.